The molecule has 0 N–H and O–H groups in total. The SMILES string of the molecule is Cc1ccccc1CS(=O)(=O)N1CC(C)OC(Cc2ccccc2)C1. The molecule has 0 bridgehead atoms. The number of nitrogens with zero attached hydrogens (tertiary/aromatic N) is 1. The van der Waals surface area contributed by atoms with Crippen molar-refractivity contribution in [3.05, 3.63) is 71.3 Å². The van der Waals surface area contributed by atoms with Crippen molar-refractivity contribution >= 4 is 10.0 Å². The quantitative estimate of drug-likeness (QED) is 0.824. The first-order valence-electron chi connectivity index (χ1n) is 8.66. The van der Waals surface area contributed by atoms with Gasteiger partial charge in [0.2, 0.25) is 10.0 Å². The van der Waals surface area contributed by atoms with Gasteiger partial charge in [-0.1, -0.05) is 54.6 Å². The molecule has 2 aromatic carbocycles. The van der Waals surface area contributed by atoms with E-state index in [0.717, 1.165) is 23.1 Å². The summed E-state index contributed by atoms with van der Waals surface area (Å²) in [6, 6.07) is 17.7. The summed E-state index contributed by atoms with van der Waals surface area (Å²) in [5.41, 5.74) is 3.03. The molecule has 0 aliphatic carbocycles. The van der Waals surface area contributed by atoms with E-state index in [1.54, 1.807) is 4.31 Å². The highest BCUT2D eigenvalue weighted by atomic mass is 32.2. The average molecular weight is 359 g/mol. The van der Waals surface area contributed by atoms with E-state index >= 15 is 0 Å². The first-order valence-corrected chi connectivity index (χ1v) is 10.3. The summed E-state index contributed by atoms with van der Waals surface area (Å²) in [5.74, 6) is 0.0461. The van der Waals surface area contributed by atoms with Crippen molar-refractivity contribution in [2.75, 3.05) is 13.1 Å². The Morgan fingerprint density at radius 2 is 1.72 bits per heavy atom. The van der Waals surface area contributed by atoms with Gasteiger partial charge in [0.1, 0.15) is 0 Å². The van der Waals surface area contributed by atoms with Crippen LogP contribution in [0.3, 0.4) is 0 Å². The molecule has 2 atom stereocenters. The number of rotatable bonds is 5. The number of morpholine rings is 1. The van der Waals surface area contributed by atoms with Gasteiger partial charge >= 0.3 is 0 Å². The van der Waals surface area contributed by atoms with E-state index < -0.39 is 10.0 Å². The molecule has 134 valence electrons. The molecule has 1 aliphatic rings. The van der Waals surface area contributed by atoms with Crippen molar-refractivity contribution < 1.29 is 13.2 Å². The van der Waals surface area contributed by atoms with E-state index in [4.69, 9.17) is 4.74 Å². The highest BCUT2D eigenvalue weighted by Crippen LogP contribution is 2.21. The van der Waals surface area contributed by atoms with Gasteiger partial charge in [-0.25, -0.2) is 8.42 Å². The summed E-state index contributed by atoms with van der Waals surface area (Å²) in [5, 5.41) is 0. The maximum Gasteiger partial charge on any atom is 0.218 e. The Hall–Kier alpha value is -1.69. The molecule has 4 nitrogen and oxygen atoms in total. The monoisotopic (exact) mass is 359 g/mol. The van der Waals surface area contributed by atoms with Crippen LogP contribution in [0.5, 0.6) is 0 Å². The number of hydrogen-bond acceptors (Lipinski definition) is 3. The van der Waals surface area contributed by atoms with E-state index in [2.05, 4.69) is 12.1 Å². The molecule has 0 radical (unpaired) electrons. The Morgan fingerprint density at radius 1 is 1.04 bits per heavy atom. The van der Waals surface area contributed by atoms with Crippen molar-refractivity contribution in [3.63, 3.8) is 0 Å². The van der Waals surface area contributed by atoms with Crippen LogP contribution in [0.15, 0.2) is 54.6 Å². The molecule has 3 rings (SSSR count). The minimum Gasteiger partial charge on any atom is -0.372 e. The van der Waals surface area contributed by atoms with Crippen LogP contribution in [0.1, 0.15) is 23.6 Å². The lowest BCUT2D eigenvalue weighted by Crippen LogP contribution is -2.50. The van der Waals surface area contributed by atoms with Gasteiger partial charge in [0.25, 0.3) is 0 Å². The summed E-state index contributed by atoms with van der Waals surface area (Å²) >= 11 is 0. The molecule has 0 spiro atoms. The summed E-state index contributed by atoms with van der Waals surface area (Å²) in [6.07, 6.45) is 0.508. The van der Waals surface area contributed by atoms with Crippen LogP contribution in [0.2, 0.25) is 0 Å². The fourth-order valence-corrected chi connectivity index (χ4v) is 5.01. The molecule has 1 saturated heterocycles. The highest BCUT2D eigenvalue weighted by Gasteiger charge is 2.33. The molecule has 1 aliphatic heterocycles. The Labute approximate surface area is 150 Å². The van der Waals surface area contributed by atoms with Gasteiger partial charge in [-0.15, -0.1) is 0 Å². The third kappa shape index (κ3) is 4.69. The zero-order valence-corrected chi connectivity index (χ0v) is 15.6. The molecular formula is C20H25NO3S. The smallest absolute Gasteiger partial charge is 0.218 e. The second kappa shape index (κ2) is 7.68. The van der Waals surface area contributed by atoms with Crippen LogP contribution < -0.4 is 0 Å². The van der Waals surface area contributed by atoms with Gasteiger partial charge in [0.15, 0.2) is 0 Å². The fraction of sp³-hybridized carbons (Fsp3) is 0.400. The van der Waals surface area contributed by atoms with Crippen LogP contribution in [0.25, 0.3) is 0 Å². The topological polar surface area (TPSA) is 46.6 Å². The highest BCUT2D eigenvalue weighted by molar-refractivity contribution is 7.88. The Bertz CT molecular complexity index is 805. The van der Waals surface area contributed by atoms with Gasteiger partial charge in [-0.05, 0) is 37.0 Å². The van der Waals surface area contributed by atoms with Crippen molar-refractivity contribution in [2.45, 2.75) is 38.2 Å². The van der Waals surface area contributed by atoms with Gasteiger partial charge in [-0.3, -0.25) is 0 Å². The Balaban J connectivity index is 1.73. The Morgan fingerprint density at radius 3 is 2.44 bits per heavy atom. The summed E-state index contributed by atoms with van der Waals surface area (Å²) in [4.78, 5) is 0. The van der Waals surface area contributed by atoms with E-state index in [-0.39, 0.29) is 18.0 Å². The predicted molar refractivity (Wildman–Crippen MR) is 99.9 cm³/mol. The van der Waals surface area contributed by atoms with E-state index in [0.29, 0.717) is 13.1 Å². The molecular weight excluding hydrogens is 334 g/mol. The standard InChI is InChI=1S/C20H25NO3S/c1-16-8-6-7-11-19(16)15-25(22,23)21-13-17(2)24-20(14-21)12-18-9-4-3-5-10-18/h3-11,17,20H,12-15H2,1-2H3. The minimum atomic E-state index is -3.36. The van der Waals surface area contributed by atoms with Crippen LogP contribution in [-0.4, -0.2) is 38.0 Å². The summed E-state index contributed by atoms with van der Waals surface area (Å²) < 4.78 is 33.4. The van der Waals surface area contributed by atoms with Crippen molar-refractivity contribution in [3.8, 4) is 0 Å². The van der Waals surface area contributed by atoms with E-state index in [1.807, 2.05) is 56.3 Å². The molecule has 1 fully saturated rings. The van der Waals surface area contributed by atoms with Crippen molar-refractivity contribution in [1.29, 1.82) is 0 Å². The van der Waals surface area contributed by atoms with Gasteiger partial charge < -0.3 is 4.74 Å². The summed E-state index contributed by atoms with van der Waals surface area (Å²) in [7, 11) is -3.36. The third-order valence-electron chi connectivity index (χ3n) is 4.59. The zero-order chi connectivity index (χ0) is 17.9. The normalized spacial score (nSPS) is 22.0. The number of aryl methyl sites for hydroxylation is 1. The van der Waals surface area contributed by atoms with Crippen molar-refractivity contribution in [2.24, 2.45) is 0 Å². The summed E-state index contributed by atoms with van der Waals surface area (Å²) in [6.45, 7) is 4.71. The maximum atomic E-state index is 12.9. The molecule has 1 heterocycles. The molecule has 25 heavy (non-hydrogen) atoms. The molecule has 0 amide bonds. The molecule has 2 unspecified atom stereocenters. The molecule has 0 saturated carbocycles. The first kappa shape index (κ1) is 18.1. The first-order chi connectivity index (χ1) is 11.9. The number of sulfonamides is 1. The largest absolute Gasteiger partial charge is 0.372 e. The zero-order valence-electron chi connectivity index (χ0n) is 14.8. The lowest BCUT2D eigenvalue weighted by atomic mass is 10.1. The molecule has 0 aromatic heterocycles. The molecule has 2 aromatic rings. The minimum absolute atomic E-state index is 0.0461. The second-order valence-corrected chi connectivity index (χ2v) is 8.73. The Kier molecular flexibility index (Phi) is 5.57. The van der Waals surface area contributed by atoms with Crippen LogP contribution >= 0.6 is 0 Å². The van der Waals surface area contributed by atoms with Crippen molar-refractivity contribution in [1.82, 2.24) is 4.31 Å². The average Bonchev–Trinajstić information content (AvgIpc) is 2.57. The van der Waals surface area contributed by atoms with Crippen LogP contribution in [0, 0.1) is 6.92 Å². The number of benzene rings is 2. The van der Waals surface area contributed by atoms with Gasteiger partial charge in [-0.2, -0.15) is 4.31 Å². The second-order valence-electron chi connectivity index (χ2n) is 6.76. The van der Waals surface area contributed by atoms with E-state index in [9.17, 15) is 8.42 Å². The third-order valence-corrected chi connectivity index (χ3v) is 6.35. The number of ether oxygens (including phenoxy) is 1. The molecule has 5 heteroatoms. The predicted octanol–water partition coefficient (Wildman–Crippen LogP) is 3.16. The maximum absolute atomic E-state index is 12.9. The van der Waals surface area contributed by atoms with Crippen LogP contribution in [0.4, 0.5) is 0 Å². The lowest BCUT2D eigenvalue weighted by molar-refractivity contribution is -0.0529. The van der Waals surface area contributed by atoms with Gasteiger partial charge in [0.05, 0.1) is 18.0 Å². The van der Waals surface area contributed by atoms with Gasteiger partial charge in [0, 0.05) is 13.1 Å². The van der Waals surface area contributed by atoms with Crippen LogP contribution in [-0.2, 0) is 26.9 Å². The number of hydrogen-bond donors (Lipinski definition) is 0. The lowest BCUT2D eigenvalue weighted by Gasteiger charge is -2.36. The fourth-order valence-electron chi connectivity index (χ4n) is 3.28. The van der Waals surface area contributed by atoms with E-state index in [1.165, 1.54) is 0 Å².